The number of amides is 1. The van der Waals surface area contributed by atoms with Crippen LogP contribution in [0.4, 0.5) is 5.69 Å². The van der Waals surface area contributed by atoms with Crippen molar-refractivity contribution in [3.8, 4) is 0 Å². The van der Waals surface area contributed by atoms with E-state index in [9.17, 15) is 4.79 Å². The molecular formula is C18H21N3OS2. The Labute approximate surface area is 150 Å². The molecule has 24 heavy (non-hydrogen) atoms. The van der Waals surface area contributed by atoms with Crippen LogP contribution in [-0.4, -0.2) is 27.2 Å². The Bertz CT molecular complexity index is 739. The van der Waals surface area contributed by atoms with Crippen LogP contribution in [0.5, 0.6) is 0 Å². The lowest BCUT2D eigenvalue weighted by Crippen LogP contribution is -2.14. The first kappa shape index (κ1) is 16.1. The third kappa shape index (κ3) is 3.49. The number of benzene rings is 1. The van der Waals surface area contributed by atoms with Crippen LogP contribution >= 0.6 is 23.5 Å². The number of carbonyl (C=O) groups is 1. The van der Waals surface area contributed by atoms with Gasteiger partial charge >= 0.3 is 0 Å². The molecule has 2 fully saturated rings. The maximum absolute atomic E-state index is 12.5. The predicted octanol–water partition coefficient (Wildman–Crippen LogP) is 4.03. The minimum atomic E-state index is 0.0799. The van der Waals surface area contributed by atoms with Gasteiger partial charge in [0, 0.05) is 24.8 Å². The van der Waals surface area contributed by atoms with Gasteiger partial charge < -0.3 is 5.32 Å². The number of aryl methyl sites for hydroxylation is 1. The van der Waals surface area contributed by atoms with Gasteiger partial charge in [-0.3, -0.25) is 9.48 Å². The van der Waals surface area contributed by atoms with Crippen molar-refractivity contribution in [2.75, 3.05) is 16.8 Å². The zero-order chi connectivity index (χ0) is 16.5. The first-order valence-corrected chi connectivity index (χ1v) is 10.4. The molecule has 1 saturated heterocycles. The molecule has 1 amide bonds. The molecule has 1 aliphatic heterocycles. The molecule has 126 valence electrons. The first-order valence-electron chi connectivity index (χ1n) is 8.33. The number of thioether (sulfide) groups is 2. The Morgan fingerprint density at radius 1 is 1.29 bits per heavy atom. The summed E-state index contributed by atoms with van der Waals surface area (Å²) in [6.07, 6.45) is 6.09. The van der Waals surface area contributed by atoms with Gasteiger partial charge in [0.05, 0.1) is 10.8 Å². The average molecular weight is 360 g/mol. The van der Waals surface area contributed by atoms with E-state index in [1.54, 1.807) is 4.68 Å². The fraction of sp³-hybridized carbons (Fsp3) is 0.444. The van der Waals surface area contributed by atoms with Gasteiger partial charge in [-0.15, -0.1) is 23.5 Å². The third-order valence-electron chi connectivity index (χ3n) is 4.53. The number of nitrogens with zero attached hydrogens (tertiary/aromatic N) is 2. The molecule has 1 aromatic carbocycles. The molecule has 2 aliphatic rings. The number of nitrogens with one attached hydrogen (secondary N) is 1. The Kier molecular flexibility index (Phi) is 4.59. The highest BCUT2D eigenvalue weighted by atomic mass is 32.2. The SMILES string of the molecule is Cn1cc([C@@H]2C[C@H]2C(=O)Nc2cccc(C3SCCCS3)c2)cn1. The lowest BCUT2D eigenvalue weighted by molar-refractivity contribution is -0.117. The Hall–Kier alpha value is -1.40. The van der Waals surface area contributed by atoms with Crippen molar-refractivity contribution in [3.63, 3.8) is 0 Å². The molecular weight excluding hydrogens is 338 g/mol. The van der Waals surface area contributed by atoms with E-state index in [1.807, 2.05) is 55.1 Å². The Morgan fingerprint density at radius 2 is 2.12 bits per heavy atom. The van der Waals surface area contributed by atoms with Crippen molar-refractivity contribution >= 4 is 35.1 Å². The average Bonchev–Trinajstić information content (AvgIpc) is 3.30. The number of carbonyl (C=O) groups excluding carboxylic acids is 1. The molecule has 0 radical (unpaired) electrons. The van der Waals surface area contributed by atoms with Gasteiger partial charge in [0.1, 0.15) is 0 Å². The molecule has 1 N–H and O–H groups in total. The molecule has 4 rings (SSSR count). The molecule has 0 spiro atoms. The summed E-state index contributed by atoms with van der Waals surface area (Å²) in [5, 5.41) is 7.30. The Balaban J connectivity index is 1.39. The standard InChI is InChI=1S/C18H21N3OS2/c1-21-11-13(10-19-21)15-9-16(15)17(22)20-14-5-2-4-12(8-14)18-23-6-3-7-24-18/h2,4-5,8,10-11,15-16,18H,3,6-7,9H2,1H3,(H,20,22)/t15-,16+/m0/s1. The normalized spacial score (nSPS) is 23.9. The topological polar surface area (TPSA) is 46.9 Å². The van der Waals surface area contributed by atoms with E-state index >= 15 is 0 Å². The van der Waals surface area contributed by atoms with Gasteiger partial charge in [0.2, 0.25) is 5.91 Å². The van der Waals surface area contributed by atoms with Crippen LogP contribution in [0.15, 0.2) is 36.7 Å². The van der Waals surface area contributed by atoms with Crippen molar-refractivity contribution in [1.82, 2.24) is 9.78 Å². The zero-order valence-electron chi connectivity index (χ0n) is 13.6. The van der Waals surface area contributed by atoms with E-state index in [2.05, 4.69) is 22.5 Å². The molecule has 4 nitrogen and oxygen atoms in total. The number of aromatic nitrogens is 2. The quantitative estimate of drug-likeness (QED) is 0.895. The first-order chi connectivity index (χ1) is 11.7. The summed E-state index contributed by atoms with van der Waals surface area (Å²) in [6, 6.07) is 8.34. The largest absolute Gasteiger partial charge is 0.326 e. The molecule has 2 atom stereocenters. The third-order valence-corrected chi connectivity index (χ3v) is 7.55. The van der Waals surface area contributed by atoms with Crippen molar-refractivity contribution in [1.29, 1.82) is 0 Å². The highest BCUT2D eigenvalue weighted by Crippen LogP contribution is 2.48. The van der Waals surface area contributed by atoms with Crippen LogP contribution in [-0.2, 0) is 11.8 Å². The van der Waals surface area contributed by atoms with E-state index in [-0.39, 0.29) is 11.8 Å². The van der Waals surface area contributed by atoms with Gasteiger partial charge in [-0.05, 0) is 53.5 Å². The number of anilines is 1. The van der Waals surface area contributed by atoms with Gasteiger partial charge in [0.25, 0.3) is 0 Å². The molecule has 2 heterocycles. The molecule has 1 aliphatic carbocycles. The summed E-state index contributed by atoms with van der Waals surface area (Å²) in [5.41, 5.74) is 3.39. The van der Waals surface area contributed by atoms with Crippen molar-refractivity contribution in [2.45, 2.75) is 23.3 Å². The zero-order valence-corrected chi connectivity index (χ0v) is 15.3. The van der Waals surface area contributed by atoms with E-state index in [1.165, 1.54) is 29.1 Å². The lowest BCUT2D eigenvalue weighted by atomic mass is 10.2. The van der Waals surface area contributed by atoms with Crippen molar-refractivity contribution in [3.05, 3.63) is 47.8 Å². The van der Waals surface area contributed by atoms with Crippen LogP contribution in [0, 0.1) is 5.92 Å². The fourth-order valence-electron chi connectivity index (χ4n) is 3.16. The smallest absolute Gasteiger partial charge is 0.228 e. The summed E-state index contributed by atoms with van der Waals surface area (Å²) < 4.78 is 2.30. The van der Waals surface area contributed by atoms with E-state index in [0.717, 1.165) is 12.1 Å². The minimum absolute atomic E-state index is 0.0799. The highest BCUT2D eigenvalue weighted by molar-refractivity contribution is 8.16. The number of rotatable bonds is 4. The second-order valence-electron chi connectivity index (χ2n) is 6.44. The van der Waals surface area contributed by atoms with Crippen molar-refractivity contribution < 1.29 is 4.79 Å². The van der Waals surface area contributed by atoms with E-state index in [0.29, 0.717) is 10.5 Å². The molecule has 0 bridgehead atoms. The maximum Gasteiger partial charge on any atom is 0.228 e. The number of hydrogen-bond donors (Lipinski definition) is 1. The minimum Gasteiger partial charge on any atom is -0.326 e. The molecule has 0 unspecified atom stereocenters. The molecule has 1 aromatic heterocycles. The van der Waals surface area contributed by atoms with Crippen LogP contribution in [0.1, 0.15) is 34.5 Å². The van der Waals surface area contributed by atoms with Gasteiger partial charge in [-0.1, -0.05) is 12.1 Å². The highest BCUT2D eigenvalue weighted by Gasteiger charge is 2.44. The molecule has 6 heteroatoms. The van der Waals surface area contributed by atoms with Gasteiger partial charge in [-0.25, -0.2) is 0 Å². The van der Waals surface area contributed by atoms with Crippen molar-refractivity contribution in [2.24, 2.45) is 13.0 Å². The predicted molar refractivity (Wildman–Crippen MR) is 101 cm³/mol. The van der Waals surface area contributed by atoms with E-state index in [4.69, 9.17) is 0 Å². The summed E-state index contributed by atoms with van der Waals surface area (Å²) >= 11 is 4.01. The Morgan fingerprint density at radius 3 is 2.88 bits per heavy atom. The number of hydrogen-bond acceptors (Lipinski definition) is 4. The summed E-state index contributed by atoms with van der Waals surface area (Å²) in [5.74, 6) is 2.99. The van der Waals surface area contributed by atoms with Crippen LogP contribution in [0.3, 0.4) is 0 Å². The fourth-order valence-corrected chi connectivity index (χ4v) is 6.04. The maximum atomic E-state index is 12.5. The van der Waals surface area contributed by atoms with E-state index < -0.39 is 0 Å². The van der Waals surface area contributed by atoms with Gasteiger partial charge in [-0.2, -0.15) is 5.10 Å². The molecule has 1 saturated carbocycles. The summed E-state index contributed by atoms with van der Waals surface area (Å²) in [7, 11) is 1.91. The van der Waals surface area contributed by atoms with Crippen LogP contribution in [0.25, 0.3) is 0 Å². The van der Waals surface area contributed by atoms with Crippen LogP contribution in [0.2, 0.25) is 0 Å². The summed E-state index contributed by atoms with van der Waals surface area (Å²) in [6.45, 7) is 0. The summed E-state index contributed by atoms with van der Waals surface area (Å²) in [4.78, 5) is 12.5. The lowest BCUT2D eigenvalue weighted by Gasteiger charge is -2.21. The second-order valence-corrected chi connectivity index (χ2v) is 9.16. The monoisotopic (exact) mass is 359 g/mol. The molecule has 2 aromatic rings. The second kappa shape index (κ2) is 6.84. The van der Waals surface area contributed by atoms with Gasteiger partial charge in [0.15, 0.2) is 0 Å². The van der Waals surface area contributed by atoms with Crippen LogP contribution < -0.4 is 5.32 Å².